The van der Waals surface area contributed by atoms with Gasteiger partial charge in [0.2, 0.25) is 0 Å². The number of nitrogens with one attached hydrogen (secondary N) is 1. The molecule has 1 unspecified atom stereocenters. The quantitative estimate of drug-likeness (QED) is 0.788. The second-order valence-electron chi connectivity index (χ2n) is 5.85. The van der Waals surface area contributed by atoms with Gasteiger partial charge in [-0.1, -0.05) is 32.8 Å². The zero-order valence-electron chi connectivity index (χ0n) is 12.2. The van der Waals surface area contributed by atoms with Crippen molar-refractivity contribution in [3.05, 3.63) is 22.4 Å². The molecule has 108 valence electrons. The minimum atomic E-state index is -0.548. The zero-order valence-corrected chi connectivity index (χ0v) is 13.0. The largest absolute Gasteiger partial charge is 0.389 e. The van der Waals surface area contributed by atoms with E-state index < -0.39 is 5.60 Å². The molecule has 2 rings (SSSR count). The summed E-state index contributed by atoms with van der Waals surface area (Å²) < 4.78 is 0. The van der Waals surface area contributed by atoms with Gasteiger partial charge in [0, 0.05) is 17.5 Å². The second-order valence-corrected chi connectivity index (χ2v) is 6.83. The lowest BCUT2D eigenvalue weighted by Crippen LogP contribution is -2.42. The van der Waals surface area contributed by atoms with Gasteiger partial charge in [0.05, 0.1) is 5.60 Å². The van der Waals surface area contributed by atoms with Crippen molar-refractivity contribution >= 4 is 11.3 Å². The number of hydrogen-bond acceptors (Lipinski definition) is 3. The Labute approximate surface area is 121 Å². The van der Waals surface area contributed by atoms with E-state index in [0.717, 1.165) is 18.8 Å². The molecule has 0 aliphatic heterocycles. The normalized spacial score (nSPS) is 18.9. The standard InChI is InChI=1S/C16H27NOS/c1-3-16(18,4-2)12-17-15(13-8-5-6-9-13)14-10-7-11-19-14/h7,10-11,13,15,17-18H,3-6,8-9,12H2,1-2H3. The molecule has 1 saturated carbocycles. The summed E-state index contributed by atoms with van der Waals surface area (Å²) >= 11 is 1.84. The Hall–Kier alpha value is -0.380. The Morgan fingerprint density at radius 2 is 2.05 bits per heavy atom. The molecular formula is C16H27NOS. The van der Waals surface area contributed by atoms with Gasteiger partial charge in [0.15, 0.2) is 0 Å². The van der Waals surface area contributed by atoms with Crippen molar-refractivity contribution < 1.29 is 5.11 Å². The minimum absolute atomic E-state index is 0.437. The fraction of sp³-hybridized carbons (Fsp3) is 0.750. The van der Waals surface area contributed by atoms with E-state index in [-0.39, 0.29) is 0 Å². The summed E-state index contributed by atoms with van der Waals surface area (Å²) in [5, 5.41) is 16.3. The first kappa shape index (κ1) is 15.0. The highest BCUT2D eigenvalue weighted by molar-refractivity contribution is 7.10. The topological polar surface area (TPSA) is 32.3 Å². The highest BCUT2D eigenvalue weighted by Crippen LogP contribution is 2.37. The van der Waals surface area contributed by atoms with Crippen LogP contribution < -0.4 is 5.32 Å². The van der Waals surface area contributed by atoms with Crippen LogP contribution in [0.2, 0.25) is 0 Å². The van der Waals surface area contributed by atoms with Crippen molar-refractivity contribution in [3.63, 3.8) is 0 Å². The van der Waals surface area contributed by atoms with Crippen LogP contribution in [0.4, 0.5) is 0 Å². The van der Waals surface area contributed by atoms with E-state index in [2.05, 4.69) is 36.7 Å². The van der Waals surface area contributed by atoms with E-state index in [1.165, 1.54) is 30.6 Å². The van der Waals surface area contributed by atoms with Crippen LogP contribution in [-0.2, 0) is 0 Å². The van der Waals surface area contributed by atoms with Crippen LogP contribution in [0, 0.1) is 5.92 Å². The third-order valence-electron chi connectivity index (χ3n) is 4.69. The van der Waals surface area contributed by atoms with Gasteiger partial charge in [-0.2, -0.15) is 0 Å². The first-order valence-corrected chi connectivity index (χ1v) is 8.55. The van der Waals surface area contributed by atoms with Gasteiger partial charge in [0.25, 0.3) is 0 Å². The summed E-state index contributed by atoms with van der Waals surface area (Å²) in [5.41, 5.74) is -0.548. The highest BCUT2D eigenvalue weighted by Gasteiger charge is 2.30. The van der Waals surface area contributed by atoms with Crippen molar-refractivity contribution in [1.29, 1.82) is 0 Å². The lowest BCUT2D eigenvalue weighted by molar-refractivity contribution is 0.0279. The van der Waals surface area contributed by atoms with Gasteiger partial charge in [-0.05, 0) is 43.0 Å². The Morgan fingerprint density at radius 1 is 1.37 bits per heavy atom. The summed E-state index contributed by atoms with van der Waals surface area (Å²) in [4.78, 5) is 1.43. The van der Waals surface area contributed by atoms with E-state index in [9.17, 15) is 5.11 Å². The van der Waals surface area contributed by atoms with E-state index in [0.29, 0.717) is 12.6 Å². The fourth-order valence-electron chi connectivity index (χ4n) is 3.06. The van der Waals surface area contributed by atoms with E-state index in [4.69, 9.17) is 0 Å². The number of rotatable bonds is 7. The Balaban J connectivity index is 2.02. The molecule has 1 aliphatic rings. The molecule has 1 aromatic heterocycles. The second kappa shape index (κ2) is 6.87. The SMILES string of the molecule is CCC(O)(CC)CNC(c1cccs1)C1CCCC1. The van der Waals surface area contributed by atoms with Gasteiger partial charge in [-0.25, -0.2) is 0 Å². The maximum Gasteiger partial charge on any atom is 0.0766 e. The Bertz CT molecular complexity index is 353. The summed E-state index contributed by atoms with van der Waals surface area (Å²) in [7, 11) is 0. The lowest BCUT2D eigenvalue weighted by Gasteiger charge is -2.31. The molecule has 0 saturated heterocycles. The van der Waals surface area contributed by atoms with Crippen LogP contribution in [0.15, 0.2) is 17.5 Å². The maximum atomic E-state index is 10.5. The van der Waals surface area contributed by atoms with E-state index in [1.807, 2.05) is 11.3 Å². The van der Waals surface area contributed by atoms with Crippen LogP contribution in [-0.4, -0.2) is 17.3 Å². The first-order chi connectivity index (χ1) is 9.18. The van der Waals surface area contributed by atoms with Crippen molar-refractivity contribution in [2.45, 2.75) is 64.0 Å². The molecule has 0 radical (unpaired) electrons. The third kappa shape index (κ3) is 3.80. The van der Waals surface area contributed by atoms with Gasteiger partial charge in [-0.15, -0.1) is 11.3 Å². The fourth-order valence-corrected chi connectivity index (χ4v) is 3.95. The van der Waals surface area contributed by atoms with Crippen molar-refractivity contribution in [1.82, 2.24) is 5.32 Å². The Morgan fingerprint density at radius 3 is 2.58 bits per heavy atom. The summed E-state index contributed by atoms with van der Waals surface area (Å²) in [6.07, 6.45) is 7.01. The van der Waals surface area contributed by atoms with Crippen LogP contribution in [0.3, 0.4) is 0 Å². The maximum absolute atomic E-state index is 10.5. The predicted molar refractivity (Wildman–Crippen MR) is 82.6 cm³/mol. The summed E-state index contributed by atoms with van der Waals surface area (Å²) in [6.45, 7) is 4.85. The molecule has 0 amide bonds. The molecule has 0 spiro atoms. The van der Waals surface area contributed by atoms with Gasteiger partial charge >= 0.3 is 0 Å². The average Bonchev–Trinajstić information content (AvgIpc) is 3.12. The molecule has 0 bridgehead atoms. The minimum Gasteiger partial charge on any atom is -0.389 e. The third-order valence-corrected chi connectivity index (χ3v) is 5.64. The predicted octanol–water partition coefficient (Wildman–Crippen LogP) is 4.12. The first-order valence-electron chi connectivity index (χ1n) is 7.67. The van der Waals surface area contributed by atoms with Gasteiger partial charge < -0.3 is 10.4 Å². The van der Waals surface area contributed by atoms with Crippen LogP contribution in [0.1, 0.15) is 63.3 Å². The lowest BCUT2D eigenvalue weighted by atomic mass is 9.93. The van der Waals surface area contributed by atoms with Crippen LogP contribution in [0.5, 0.6) is 0 Å². The molecule has 1 fully saturated rings. The van der Waals surface area contributed by atoms with Crippen molar-refractivity contribution in [3.8, 4) is 0 Å². The van der Waals surface area contributed by atoms with E-state index in [1.54, 1.807) is 0 Å². The molecule has 2 N–H and O–H groups in total. The average molecular weight is 281 g/mol. The molecule has 1 atom stereocenters. The number of thiophene rings is 1. The molecule has 1 aliphatic carbocycles. The number of hydrogen-bond donors (Lipinski definition) is 2. The zero-order chi connectivity index (χ0) is 13.7. The van der Waals surface area contributed by atoms with Crippen molar-refractivity contribution in [2.24, 2.45) is 5.92 Å². The highest BCUT2D eigenvalue weighted by atomic mass is 32.1. The molecule has 3 heteroatoms. The summed E-state index contributed by atoms with van der Waals surface area (Å²) in [5.74, 6) is 0.747. The molecule has 1 aromatic rings. The van der Waals surface area contributed by atoms with Crippen molar-refractivity contribution in [2.75, 3.05) is 6.54 Å². The van der Waals surface area contributed by atoms with Crippen LogP contribution >= 0.6 is 11.3 Å². The Kier molecular flexibility index (Phi) is 5.43. The molecule has 1 heterocycles. The van der Waals surface area contributed by atoms with Gasteiger partial charge in [0.1, 0.15) is 0 Å². The monoisotopic (exact) mass is 281 g/mol. The van der Waals surface area contributed by atoms with Crippen LogP contribution in [0.25, 0.3) is 0 Å². The molecule has 2 nitrogen and oxygen atoms in total. The number of aliphatic hydroxyl groups is 1. The smallest absolute Gasteiger partial charge is 0.0766 e. The molecular weight excluding hydrogens is 254 g/mol. The molecule has 0 aromatic carbocycles. The van der Waals surface area contributed by atoms with E-state index >= 15 is 0 Å². The van der Waals surface area contributed by atoms with Gasteiger partial charge in [-0.3, -0.25) is 0 Å². The molecule has 19 heavy (non-hydrogen) atoms. The summed E-state index contributed by atoms with van der Waals surface area (Å²) in [6, 6.07) is 4.81.